The molecule has 0 aliphatic carbocycles. The Bertz CT molecular complexity index is 538. The molecule has 1 aliphatic rings. The summed E-state index contributed by atoms with van der Waals surface area (Å²) in [6.45, 7) is 6.18. The molecule has 0 unspecified atom stereocenters. The summed E-state index contributed by atoms with van der Waals surface area (Å²) in [6, 6.07) is 4.51. The van der Waals surface area contributed by atoms with E-state index in [1.54, 1.807) is 26.8 Å². The fourth-order valence-electron chi connectivity index (χ4n) is 2.13. The average molecular weight is 360 g/mol. The molecule has 0 saturated carbocycles. The third-order valence-electron chi connectivity index (χ3n) is 3.06. The lowest BCUT2D eigenvalue weighted by atomic mass is 9.89. The van der Waals surface area contributed by atoms with Crippen LogP contribution in [0.4, 0.5) is 9.18 Å². The Morgan fingerprint density at radius 1 is 1.48 bits per heavy atom. The molecule has 1 aromatic rings. The quantitative estimate of drug-likeness (QED) is 0.899. The van der Waals surface area contributed by atoms with Crippen molar-refractivity contribution in [1.29, 1.82) is 0 Å². The molecule has 1 fully saturated rings. The van der Waals surface area contributed by atoms with Gasteiger partial charge < -0.3 is 14.8 Å². The number of halogens is 2. The molecular formula is C15H19BrFNO3. The van der Waals surface area contributed by atoms with Crippen LogP contribution in [0, 0.1) is 5.82 Å². The molecule has 0 atom stereocenters. The Balaban J connectivity index is 2.08. The summed E-state index contributed by atoms with van der Waals surface area (Å²) in [5.41, 5.74) is -0.317. The third-order valence-corrected chi connectivity index (χ3v) is 3.83. The molecule has 2 rings (SSSR count). The van der Waals surface area contributed by atoms with Crippen LogP contribution < -0.4 is 5.32 Å². The molecular weight excluding hydrogens is 341 g/mol. The van der Waals surface area contributed by atoms with Gasteiger partial charge in [-0.05, 0) is 44.5 Å². The number of carbonyl (C=O) groups is 1. The van der Waals surface area contributed by atoms with Crippen molar-refractivity contribution in [3.05, 3.63) is 34.1 Å². The van der Waals surface area contributed by atoms with E-state index in [0.29, 0.717) is 19.6 Å². The third kappa shape index (κ3) is 4.41. The van der Waals surface area contributed by atoms with Gasteiger partial charge in [-0.1, -0.05) is 15.9 Å². The van der Waals surface area contributed by atoms with Crippen LogP contribution in [0.3, 0.4) is 0 Å². The lowest BCUT2D eigenvalue weighted by Gasteiger charge is -2.42. The number of nitrogens with one attached hydrogen (secondary N) is 1. The Labute approximate surface area is 132 Å². The zero-order valence-electron chi connectivity index (χ0n) is 12.3. The van der Waals surface area contributed by atoms with Crippen LogP contribution >= 0.6 is 15.9 Å². The van der Waals surface area contributed by atoms with Crippen molar-refractivity contribution < 1.29 is 18.7 Å². The van der Waals surface area contributed by atoms with Gasteiger partial charge in [-0.25, -0.2) is 9.18 Å². The summed E-state index contributed by atoms with van der Waals surface area (Å²) < 4.78 is 24.7. The second kappa shape index (κ2) is 5.93. The van der Waals surface area contributed by atoms with Crippen molar-refractivity contribution in [3.63, 3.8) is 0 Å². The van der Waals surface area contributed by atoms with Crippen LogP contribution in [0.2, 0.25) is 0 Å². The highest BCUT2D eigenvalue weighted by atomic mass is 79.9. The minimum atomic E-state index is -0.560. The Kier molecular flexibility index (Phi) is 4.58. The second-order valence-electron chi connectivity index (χ2n) is 6.31. The Morgan fingerprint density at radius 2 is 2.14 bits per heavy atom. The number of ether oxygens (including phenoxy) is 2. The maximum Gasteiger partial charge on any atom is 0.408 e. The van der Waals surface area contributed by atoms with Crippen molar-refractivity contribution in [2.75, 3.05) is 13.2 Å². The zero-order valence-corrected chi connectivity index (χ0v) is 13.9. The highest BCUT2D eigenvalue weighted by Gasteiger charge is 2.41. The van der Waals surface area contributed by atoms with Crippen molar-refractivity contribution >= 4 is 22.0 Å². The highest BCUT2D eigenvalue weighted by molar-refractivity contribution is 9.10. The number of hydrogen-bond donors (Lipinski definition) is 1. The zero-order chi connectivity index (χ0) is 15.7. The smallest absolute Gasteiger partial charge is 0.408 e. The van der Waals surface area contributed by atoms with Gasteiger partial charge in [0, 0.05) is 10.9 Å². The molecule has 6 heteroatoms. The molecule has 4 nitrogen and oxygen atoms in total. The van der Waals surface area contributed by atoms with Crippen LogP contribution in [0.1, 0.15) is 26.3 Å². The number of carbonyl (C=O) groups excluding carboxylic acids is 1. The van der Waals surface area contributed by atoms with E-state index < -0.39 is 17.2 Å². The number of amides is 1. The van der Waals surface area contributed by atoms with Crippen LogP contribution in [0.25, 0.3) is 0 Å². The van der Waals surface area contributed by atoms with Crippen LogP contribution in [0.5, 0.6) is 0 Å². The maximum atomic E-state index is 13.4. The average Bonchev–Trinajstić information content (AvgIpc) is 2.28. The summed E-state index contributed by atoms with van der Waals surface area (Å²) >= 11 is 3.40. The van der Waals surface area contributed by atoms with Gasteiger partial charge >= 0.3 is 6.09 Å². The standard InChI is InChI=1S/C15H19BrFNO3/c1-14(2,3)21-13(19)18-15(8-20-9-15)7-10-6-11(17)4-5-12(10)16/h4-6H,7-9H2,1-3H3,(H,18,19). The van der Waals surface area contributed by atoms with Gasteiger partial charge in [-0.15, -0.1) is 0 Å². The molecule has 0 aromatic heterocycles. The predicted molar refractivity (Wildman–Crippen MR) is 80.7 cm³/mol. The molecule has 0 bridgehead atoms. The second-order valence-corrected chi connectivity index (χ2v) is 7.17. The molecule has 1 N–H and O–H groups in total. The van der Waals surface area contributed by atoms with E-state index in [1.807, 2.05) is 0 Å². The fraction of sp³-hybridized carbons (Fsp3) is 0.533. The molecule has 1 aliphatic heterocycles. The fourth-order valence-corrected chi connectivity index (χ4v) is 2.52. The minimum absolute atomic E-state index is 0.305. The SMILES string of the molecule is CC(C)(C)OC(=O)NC1(Cc2cc(F)ccc2Br)COC1. The van der Waals surface area contributed by atoms with Crippen molar-refractivity contribution in [2.45, 2.75) is 38.3 Å². The normalized spacial score (nSPS) is 17.0. The topological polar surface area (TPSA) is 47.6 Å². The molecule has 116 valence electrons. The number of hydrogen-bond acceptors (Lipinski definition) is 3. The van der Waals surface area contributed by atoms with Crippen molar-refractivity contribution in [2.24, 2.45) is 0 Å². The molecule has 1 amide bonds. The first-order chi connectivity index (χ1) is 9.69. The summed E-state index contributed by atoms with van der Waals surface area (Å²) in [6.07, 6.45) is -0.0109. The number of alkyl carbamates (subject to hydrolysis) is 1. The molecule has 1 aromatic carbocycles. The van der Waals surface area contributed by atoms with E-state index in [2.05, 4.69) is 21.2 Å². The van der Waals surface area contributed by atoms with Gasteiger partial charge in [0.05, 0.1) is 18.8 Å². The van der Waals surface area contributed by atoms with E-state index in [4.69, 9.17) is 9.47 Å². The maximum absolute atomic E-state index is 13.4. The first-order valence-corrected chi connectivity index (χ1v) is 7.51. The monoisotopic (exact) mass is 359 g/mol. The summed E-state index contributed by atoms with van der Waals surface area (Å²) in [5, 5.41) is 2.85. The van der Waals surface area contributed by atoms with Gasteiger partial charge in [0.25, 0.3) is 0 Å². The number of benzene rings is 1. The molecule has 0 radical (unpaired) electrons. The van der Waals surface area contributed by atoms with E-state index in [9.17, 15) is 9.18 Å². The summed E-state index contributed by atoms with van der Waals surface area (Å²) in [4.78, 5) is 11.9. The minimum Gasteiger partial charge on any atom is -0.444 e. The molecule has 1 saturated heterocycles. The van der Waals surface area contributed by atoms with Crippen molar-refractivity contribution in [1.82, 2.24) is 5.32 Å². The van der Waals surface area contributed by atoms with E-state index in [1.165, 1.54) is 12.1 Å². The van der Waals surface area contributed by atoms with E-state index >= 15 is 0 Å². The van der Waals surface area contributed by atoms with Gasteiger partial charge in [0.15, 0.2) is 0 Å². The van der Waals surface area contributed by atoms with E-state index in [-0.39, 0.29) is 5.82 Å². The van der Waals surface area contributed by atoms with Crippen molar-refractivity contribution in [3.8, 4) is 0 Å². The van der Waals surface area contributed by atoms with Gasteiger partial charge in [0.1, 0.15) is 11.4 Å². The van der Waals surface area contributed by atoms with E-state index in [0.717, 1.165) is 10.0 Å². The lowest BCUT2D eigenvalue weighted by molar-refractivity contribution is -0.0754. The van der Waals surface area contributed by atoms with Gasteiger partial charge in [-0.2, -0.15) is 0 Å². The van der Waals surface area contributed by atoms with Crippen LogP contribution in [-0.2, 0) is 15.9 Å². The highest BCUT2D eigenvalue weighted by Crippen LogP contribution is 2.28. The van der Waals surface area contributed by atoms with Crippen LogP contribution in [-0.4, -0.2) is 30.4 Å². The van der Waals surface area contributed by atoms with Crippen LogP contribution in [0.15, 0.2) is 22.7 Å². The Morgan fingerprint density at radius 3 is 2.67 bits per heavy atom. The van der Waals surface area contributed by atoms with Gasteiger partial charge in [-0.3, -0.25) is 0 Å². The predicted octanol–water partition coefficient (Wildman–Crippen LogP) is 3.42. The summed E-state index contributed by atoms with van der Waals surface area (Å²) in [7, 11) is 0. The molecule has 21 heavy (non-hydrogen) atoms. The lowest BCUT2D eigenvalue weighted by Crippen LogP contribution is -2.64. The summed E-state index contributed by atoms with van der Waals surface area (Å²) in [5.74, 6) is -0.305. The Hall–Kier alpha value is -1.14. The van der Waals surface area contributed by atoms with Gasteiger partial charge in [0.2, 0.25) is 0 Å². The first kappa shape index (κ1) is 16.2. The molecule has 1 heterocycles. The largest absolute Gasteiger partial charge is 0.444 e. The molecule has 0 spiro atoms. The first-order valence-electron chi connectivity index (χ1n) is 6.72. The number of rotatable bonds is 3.